The molecule has 4 nitrogen and oxygen atoms in total. The second kappa shape index (κ2) is 5.45. The molecule has 0 aliphatic carbocycles. The summed E-state index contributed by atoms with van der Waals surface area (Å²) >= 11 is 4.29. The van der Waals surface area contributed by atoms with Crippen molar-refractivity contribution in [3.63, 3.8) is 0 Å². The Hall–Kier alpha value is -1.47. The van der Waals surface area contributed by atoms with Crippen molar-refractivity contribution in [3.05, 3.63) is 56.9 Å². The number of nitrogens with zero attached hydrogens (tertiary/aromatic N) is 2. The molecule has 0 fully saturated rings. The van der Waals surface area contributed by atoms with Crippen LogP contribution in [-0.4, -0.2) is 9.91 Å². The molecule has 0 saturated heterocycles. The highest BCUT2D eigenvalue weighted by atomic mass is 79.9. The molecule has 0 amide bonds. The van der Waals surface area contributed by atoms with Crippen molar-refractivity contribution in [3.8, 4) is 0 Å². The molecule has 0 bridgehead atoms. The fourth-order valence-electron chi connectivity index (χ4n) is 1.29. The van der Waals surface area contributed by atoms with Gasteiger partial charge < -0.3 is 0 Å². The lowest BCUT2D eigenvalue weighted by Gasteiger charge is -2.02. The quantitative estimate of drug-likeness (QED) is 0.630. The van der Waals surface area contributed by atoms with Gasteiger partial charge in [-0.2, -0.15) is 4.39 Å². The first-order chi connectivity index (χ1) is 8.58. The van der Waals surface area contributed by atoms with E-state index in [9.17, 15) is 14.5 Å². The number of halogens is 2. The average Bonchev–Trinajstić information content (AvgIpc) is 2.32. The van der Waals surface area contributed by atoms with Crippen molar-refractivity contribution < 1.29 is 9.31 Å². The van der Waals surface area contributed by atoms with Gasteiger partial charge in [0.2, 0.25) is 5.82 Å². The highest BCUT2D eigenvalue weighted by molar-refractivity contribution is 9.10. The number of para-hydroxylation sites is 1. The Labute approximate surface area is 115 Å². The molecule has 0 saturated carbocycles. The van der Waals surface area contributed by atoms with Gasteiger partial charge in [0.25, 0.3) is 0 Å². The molecule has 1 heterocycles. The van der Waals surface area contributed by atoms with Gasteiger partial charge in [-0.25, -0.2) is 4.98 Å². The molecular weight excluding hydrogens is 323 g/mol. The van der Waals surface area contributed by atoms with Gasteiger partial charge in [-0.3, -0.25) is 10.1 Å². The van der Waals surface area contributed by atoms with Crippen LogP contribution in [0.25, 0.3) is 0 Å². The maximum atomic E-state index is 13.4. The van der Waals surface area contributed by atoms with E-state index in [2.05, 4.69) is 20.9 Å². The van der Waals surface area contributed by atoms with Gasteiger partial charge in [-0.15, -0.1) is 0 Å². The minimum Gasteiger partial charge on any atom is -0.258 e. The first-order valence-electron chi connectivity index (χ1n) is 4.80. The van der Waals surface area contributed by atoms with Crippen LogP contribution < -0.4 is 0 Å². The van der Waals surface area contributed by atoms with E-state index in [1.165, 1.54) is 12.1 Å². The molecule has 92 valence electrons. The molecule has 0 spiro atoms. The standard InChI is InChI=1S/C11H6BrFN2O2S/c12-7-4-5-10(14-6-7)18-9-3-1-2-8(13)11(9)15(16)17/h1-6H. The van der Waals surface area contributed by atoms with E-state index in [-0.39, 0.29) is 4.90 Å². The Balaban J connectivity index is 2.37. The normalized spacial score (nSPS) is 10.3. The molecular formula is C11H6BrFN2O2S. The summed E-state index contributed by atoms with van der Waals surface area (Å²) in [6.45, 7) is 0. The number of pyridine rings is 1. The molecule has 2 aromatic rings. The van der Waals surface area contributed by atoms with Crippen LogP contribution in [0.2, 0.25) is 0 Å². The van der Waals surface area contributed by atoms with Crippen molar-refractivity contribution in [2.75, 3.05) is 0 Å². The van der Waals surface area contributed by atoms with Crippen LogP contribution in [0.4, 0.5) is 10.1 Å². The van der Waals surface area contributed by atoms with E-state index >= 15 is 0 Å². The zero-order valence-corrected chi connectivity index (χ0v) is 11.2. The van der Waals surface area contributed by atoms with E-state index in [1.54, 1.807) is 18.3 Å². The molecule has 1 aromatic heterocycles. The number of nitro benzene ring substituents is 1. The summed E-state index contributed by atoms with van der Waals surface area (Å²) in [5.41, 5.74) is -0.521. The number of benzene rings is 1. The molecule has 0 aliphatic heterocycles. The van der Waals surface area contributed by atoms with E-state index in [0.29, 0.717) is 5.03 Å². The van der Waals surface area contributed by atoms with Crippen molar-refractivity contribution in [2.45, 2.75) is 9.92 Å². The average molecular weight is 329 g/mol. The maximum absolute atomic E-state index is 13.4. The molecule has 18 heavy (non-hydrogen) atoms. The van der Waals surface area contributed by atoms with Gasteiger partial charge in [0, 0.05) is 10.7 Å². The van der Waals surface area contributed by atoms with Gasteiger partial charge in [0.05, 0.1) is 9.82 Å². The van der Waals surface area contributed by atoms with Crippen LogP contribution in [0, 0.1) is 15.9 Å². The SMILES string of the molecule is O=[N+]([O-])c1c(F)cccc1Sc1ccc(Br)cn1. The van der Waals surface area contributed by atoms with Crippen LogP contribution in [0.5, 0.6) is 0 Å². The monoisotopic (exact) mass is 328 g/mol. The molecule has 0 unspecified atom stereocenters. The number of hydrogen-bond donors (Lipinski definition) is 0. The largest absolute Gasteiger partial charge is 0.318 e. The zero-order valence-electron chi connectivity index (χ0n) is 8.84. The van der Waals surface area contributed by atoms with E-state index < -0.39 is 16.4 Å². The Bertz CT molecular complexity index is 592. The van der Waals surface area contributed by atoms with Gasteiger partial charge in [0.15, 0.2) is 0 Å². The third-order valence-electron chi connectivity index (χ3n) is 2.05. The third-order valence-corrected chi connectivity index (χ3v) is 3.52. The topological polar surface area (TPSA) is 56.0 Å². The van der Waals surface area contributed by atoms with Crippen molar-refractivity contribution in [2.24, 2.45) is 0 Å². The lowest BCUT2D eigenvalue weighted by molar-refractivity contribution is -0.390. The summed E-state index contributed by atoms with van der Waals surface area (Å²) in [6, 6.07) is 7.46. The van der Waals surface area contributed by atoms with Crippen molar-refractivity contribution in [1.82, 2.24) is 4.98 Å². The summed E-state index contributed by atoms with van der Waals surface area (Å²) in [6.07, 6.45) is 1.58. The Morgan fingerprint density at radius 1 is 1.33 bits per heavy atom. The maximum Gasteiger partial charge on any atom is 0.318 e. The lowest BCUT2D eigenvalue weighted by atomic mass is 10.3. The van der Waals surface area contributed by atoms with E-state index in [4.69, 9.17) is 0 Å². The molecule has 2 rings (SSSR count). The van der Waals surface area contributed by atoms with Crippen molar-refractivity contribution in [1.29, 1.82) is 0 Å². The fraction of sp³-hybridized carbons (Fsp3) is 0. The minimum atomic E-state index is -0.845. The van der Waals surface area contributed by atoms with E-state index in [1.807, 2.05) is 0 Å². The summed E-state index contributed by atoms with van der Waals surface area (Å²) in [5.74, 6) is -0.845. The first-order valence-corrected chi connectivity index (χ1v) is 6.41. The molecule has 0 aliphatic rings. The van der Waals surface area contributed by atoms with Gasteiger partial charge in [0.1, 0.15) is 5.03 Å². The highest BCUT2D eigenvalue weighted by Crippen LogP contribution is 2.35. The summed E-state index contributed by atoms with van der Waals surface area (Å²) in [5, 5.41) is 11.4. The number of hydrogen-bond acceptors (Lipinski definition) is 4. The predicted molar refractivity (Wildman–Crippen MR) is 69.1 cm³/mol. The summed E-state index contributed by atoms with van der Waals surface area (Å²) in [4.78, 5) is 14.4. The van der Waals surface area contributed by atoms with Gasteiger partial charge in [-0.1, -0.05) is 17.8 Å². The minimum absolute atomic E-state index is 0.231. The Morgan fingerprint density at radius 2 is 2.11 bits per heavy atom. The lowest BCUT2D eigenvalue weighted by Crippen LogP contribution is -1.94. The molecule has 0 radical (unpaired) electrons. The Morgan fingerprint density at radius 3 is 2.72 bits per heavy atom. The molecule has 0 atom stereocenters. The third kappa shape index (κ3) is 2.85. The Kier molecular flexibility index (Phi) is 3.93. The van der Waals surface area contributed by atoms with Crippen LogP contribution in [0.1, 0.15) is 0 Å². The van der Waals surface area contributed by atoms with Gasteiger partial charge in [-0.05, 0) is 40.2 Å². The second-order valence-corrected chi connectivity index (χ2v) is 5.24. The van der Waals surface area contributed by atoms with Gasteiger partial charge >= 0.3 is 5.69 Å². The van der Waals surface area contributed by atoms with Crippen LogP contribution >= 0.6 is 27.7 Å². The van der Waals surface area contributed by atoms with Crippen molar-refractivity contribution >= 4 is 33.4 Å². The first kappa shape index (κ1) is 13.0. The summed E-state index contributed by atoms with van der Waals surface area (Å²) in [7, 11) is 0. The van der Waals surface area contributed by atoms with E-state index in [0.717, 1.165) is 22.3 Å². The molecule has 7 heteroatoms. The highest BCUT2D eigenvalue weighted by Gasteiger charge is 2.20. The zero-order chi connectivity index (χ0) is 13.1. The summed E-state index contributed by atoms with van der Waals surface area (Å²) < 4.78 is 14.2. The number of rotatable bonds is 3. The van der Waals surface area contributed by atoms with Crippen LogP contribution in [-0.2, 0) is 0 Å². The molecule has 0 N–H and O–H groups in total. The van der Waals surface area contributed by atoms with Crippen LogP contribution in [0.3, 0.4) is 0 Å². The number of nitro groups is 1. The van der Waals surface area contributed by atoms with Crippen LogP contribution in [0.15, 0.2) is 50.9 Å². The second-order valence-electron chi connectivity index (χ2n) is 3.26. The molecule has 1 aromatic carbocycles. The number of aromatic nitrogens is 1. The fourth-order valence-corrected chi connectivity index (χ4v) is 2.41. The predicted octanol–water partition coefficient (Wildman–Crippen LogP) is 4.04. The smallest absolute Gasteiger partial charge is 0.258 e.